The van der Waals surface area contributed by atoms with Crippen LogP contribution in [0, 0.1) is 0 Å². The molecule has 1 aliphatic heterocycles. The highest BCUT2D eigenvalue weighted by molar-refractivity contribution is 7.91. The Balaban J connectivity index is 1.73. The van der Waals surface area contributed by atoms with Crippen molar-refractivity contribution in [1.82, 2.24) is 0 Å². The topological polar surface area (TPSA) is 155 Å². The Morgan fingerprint density at radius 2 is 1.49 bits per heavy atom. The molecule has 4 rings (SSSR count). The highest BCUT2D eigenvalue weighted by Gasteiger charge is 2.33. The van der Waals surface area contributed by atoms with E-state index in [0.717, 1.165) is 0 Å². The van der Waals surface area contributed by atoms with Crippen LogP contribution in [-0.4, -0.2) is 91.3 Å². The number of halogens is 1. The Morgan fingerprint density at radius 3 is 2.16 bits per heavy atom. The fourth-order valence-electron chi connectivity index (χ4n) is 4.94. The second-order valence-corrected chi connectivity index (χ2v) is 16.6. The van der Waals surface area contributed by atoms with E-state index in [0.29, 0.717) is 39.3 Å². The number of anilines is 1. The van der Waals surface area contributed by atoms with Crippen molar-refractivity contribution in [3.05, 3.63) is 77.4 Å². The van der Waals surface area contributed by atoms with Crippen LogP contribution in [0.15, 0.2) is 65.6 Å². The molecule has 1 radical (unpaired) electrons. The molecule has 0 spiro atoms. The number of sulfone groups is 2. The first-order chi connectivity index (χ1) is 20.2. The van der Waals surface area contributed by atoms with Crippen LogP contribution in [0.3, 0.4) is 0 Å². The third-order valence-corrected chi connectivity index (χ3v) is 11.8. The number of rotatable bonds is 14. The van der Waals surface area contributed by atoms with Crippen molar-refractivity contribution >= 4 is 59.8 Å². The summed E-state index contributed by atoms with van der Waals surface area (Å²) < 4.78 is 89.4. The van der Waals surface area contributed by atoms with E-state index in [1.54, 1.807) is 67.8 Å². The second kappa shape index (κ2) is 13.6. The van der Waals surface area contributed by atoms with Gasteiger partial charge in [-0.2, -0.15) is 8.42 Å². The van der Waals surface area contributed by atoms with Crippen LogP contribution < -0.4 is 15.1 Å². The van der Waals surface area contributed by atoms with Gasteiger partial charge >= 0.3 is 0 Å². The molecule has 0 saturated heterocycles. The summed E-state index contributed by atoms with van der Waals surface area (Å²) in [5.74, 6) is -0.430. The maximum absolute atomic E-state index is 12.4. The van der Waals surface area contributed by atoms with E-state index >= 15 is 0 Å². The van der Waals surface area contributed by atoms with Crippen molar-refractivity contribution in [3.63, 3.8) is 0 Å². The molecule has 0 fully saturated rings. The molecule has 1 unspecified atom stereocenters. The number of ether oxygens (including phenoxy) is 1. The van der Waals surface area contributed by atoms with Crippen LogP contribution in [0.1, 0.15) is 22.6 Å². The maximum Gasteiger partial charge on any atom is 0.294 e. The molecule has 0 aromatic heterocycles. The second-order valence-electron chi connectivity index (χ2n) is 10.2. The van der Waals surface area contributed by atoms with Crippen LogP contribution in [0.2, 0.25) is 6.32 Å². The van der Waals surface area contributed by atoms with E-state index in [1.807, 2.05) is 0 Å². The van der Waals surface area contributed by atoms with Gasteiger partial charge in [0.15, 0.2) is 27.0 Å². The SMILES string of the molecule is CN(CCS(=O)(=O)CCO)c1ccc2c(c1)Oc1cc([B]CCS(=O)(=O)CCCl)ccc1C2c1ccccc1S(=O)(=O)O. The van der Waals surface area contributed by atoms with Crippen LogP contribution in [0.4, 0.5) is 5.69 Å². The van der Waals surface area contributed by atoms with Gasteiger partial charge in [0.25, 0.3) is 10.1 Å². The largest absolute Gasteiger partial charge is 0.457 e. The van der Waals surface area contributed by atoms with E-state index < -0.39 is 42.3 Å². The summed E-state index contributed by atoms with van der Waals surface area (Å²) in [7, 11) is -7.79. The van der Waals surface area contributed by atoms with E-state index in [-0.39, 0.29) is 46.7 Å². The summed E-state index contributed by atoms with van der Waals surface area (Å²) in [6, 6.07) is 16.8. The lowest BCUT2D eigenvalue weighted by molar-refractivity contribution is 0.319. The number of nitrogens with zero attached hydrogens (tertiary/aromatic N) is 1. The summed E-state index contributed by atoms with van der Waals surface area (Å²) in [4.78, 5) is 1.50. The Morgan fingerprint density at radius 1 is 0.837 bits per heavy atom. The predicted molar refractivity (Wildman–Crippen MR) is 169 cm³/mol. The fourth-order valence-corrected chi connectivity index (χ4v) is 8.33. The number of benzene rings is 3. The van der Waals surface area contributed by atoms with Gasteiger partial charge in [-0.1, -0.05) is 48.2 Å². The standard InChI is InChI=1S/C28H32BClNO9S3/c1-31(12-16-42(35,36)17-13-32)21-7-9-23-26(19-21)40-25-18-20(29-10-14-41(33,34)15-11-30)6-8-22(25)28(23)24-4-2-3-5-27(24)43(37,38)39/h2-9,18-19,28,32H,10-17H2,1H3,(H,37,38,39). The van der Waals surface area contributed by atoms with Crippen molar-refractivity contribution in [2.75, 3.05) is 54.0 Å². The van der Waals surface area contributed by atoms with Gasteiger partial charge in [0.05, 0.1) is 28.8 Å². The molecule has 1 heterocycles. The molecular weight excluding hydrogens is 637 g/mol. The first-order valence-electron chi connectivity index (χ1n) is 13.4. The number of alkyl halides is 1. The van der Waals surface area contributed by atoms with Gasteiger partial charge in [0.1, 0.15) is 11.5 Å². The number of hydrogen-bond acceptors (Lipinski definition) is 9. The van der Waals surface area contributed by atoms with Gasteiger partial charge in [-0.25, -0.2) is 16.8 Å². The molecule has 10 nitrogen and oxygen atoms in total. The van der Waals surface area contributed by atoms with Crippen LogP contribution in [0.5, 0.6) is 11.5 Å². The number of fused-ring (bicyclic) bond motifs is 2. The lowest BCUT2D eigenvalue weighted by atomic mass is 9.67. The minimum Gasteiger partial charge on any atom is -0.457 e. The smallest absolute Gasteiger partial charge is 0.294 e. The summed E-state index contributed by atoms with van der Waals surface area (Å²) in [5.41, 5.74) is 2.98. The Labute approximate surface area is 258 Å². The number of aliphatic hydroxyl groups is 1. The van der Waals surface area contributed by atoms with Crippen LogP contribution in [-0.2, 0) is 29.8 Å². The van der Waals surface area contributed by atoms with Crippen molar-refractivity contribution < 1.29 is 39.6 Å². The highest BCUT2D eigenvalue weighted by atomic mass is 35.5. The van der Waals surface area contributed by atoms with Crippen molar-refractivity contribution in [2.24, 2.45) is 0 Å². The molecule has 3 aromatic rings. The highest BCUT2D eigenvalue weighted by Crippen LogP contribution is 2.49. The summed E-state index contributed by atoms with van der Waals surface area (Å²) in [5, 5.41) is 9.01. The zero-order chi connectivity index (χ0) is 31.4. The molecule has 43 heavy (non-hydrogen) atoms. The lowest BCUT2D eigenvalue weighted by Gasteiger charge is -2.31. The Hall–Kier alpha value is -2.62. The van der Waals surface area contributed by atoms with Gasteiger partial charge in [-0.05, 0) is 23.8 Å². The Kier molecular flexibility index (Phi) is 10.5. The first-order valence-corrected chi connectivity index (χ1v) is 19.0. The van der Waals surface area contributed by atoms with Crippen molar-refractivity contribution in [1.29, 1.82) is 0 Å². The molecule has 1 atom stereocenters. The molecule has 0 aliphatic carbocycles. The number of hydrogen-bond donors (Lipinski definition) is 2. The van der Waals surface area contributed by atoms with Gasteiger partial charge in [-0.3, -0.25) is 4.55 Å². The van der Waals surface area contributed by atoms with Gasteiger partial charge in [0, 0.05) is 54.0 Å². The molecule has 231 valence electrons. The van der Waals surface area contributed by atoms with Gasteiger partial charge in [0.2, 0.25) is 0 Å². The monoisotopic (exact) mass is 668 g/mol. The molecule has 0 bridgehead atoms. The zero-order valence-corrected chi connectivity index (χ0v) is 26.6. The average Bonchev–Trinajstić information content (AvgIpc) is 2.93. The predicted octanol–water partition coefficient (Wildman–Crippen LogP) is 2.46. The van der Waals surface area contributed by atoms with Gasteiger partial charge < -0.3 is 14.7 Å². The summed E-state index contributed by atoms with van der Waals surface area (Å²) in [6.07, 6.45) is 0.262. The van der Waals surface area contributed by atoms with Crippen molar-refractivity contribution in [2.45, 2.75) is 17.1 Å². The molecular formula is C28H32BClNO9S3. The third-order valence-electron chi connectivity index (χ3n) is 7.16. The van der Waals surface area contributed by atoms with Gasteiger partial charge in [-0.15, -0.1) is 11.6 Å². The molecule has 3 aromatic carbocycles. The van der Waals surface area contributed by atoms with Crippen LogP contribution in [0.25, 0.3) is 0 Å². The van der Waals surface area contributed by atoms with Crippen LogP contribution >= 0.6 is 11.6 Å². The molecule has 1 aliphatic rings. The maximum atomic E-state index is 12.4. The lowest BCUT2D eigenvalue weighted by Crippen LogP contribution is -2.27. The third kappa shape index (κ3) is 8.31. The minimum atomic E-state index is -4.57. The van der Waals surface area contributed by atoms with E-state index in [4.69, 9.17) is 21.4 Å². The molecule has 0 amide bonds. The molecule has 2 N–H and O–H groups in total. The van der Waals surface area contributed by atoms with E-state index in [1.165, 1.54) is 12.1 Å². The molecule has 15 heteroatoms. The van der Waals surface area contributed by atoms with E-state index in [2.05, 4.69) is 0 Å². The molecule has 0 saturated carbocycles. The minimum absolute atomic E-state index is 0.0243. The summed E-state index contributed by atoms with van der Waals surface area (Å²) >= 11 is 5.59. The van der Waals surface area contributed by atoms with E-state index in [9.17, 15) is 29.8 Å². The average molecular weight is 669 g/mol. The van der Waals surface area contributed by atoms with Crippen molar-refractivity contribution in [3.8, 4) is 11.5 Å². The quantitative estimate of drug-likeness (QED) is 0.116. The first kappa shape index (κ1) is 33.3. The number of aliphatic hydroxyl groups excluding tert-OH is 1. The normalized spacial score (nSPS) is 14.8. The fraction of sp³-hybridized carbons (Fsp3) is 0.357. The summed E-state index contributed by atoms with van der Waals surface area (Å²) in [6.45, 7) is -0.286. The Bertz CT molecular complexity index is 1800. The zero-order valence-electron chi connectivity index (χ0n) is 23.4.